The predicted octanol–water partition coefficient (Wildman–Crippen LogP) is 3.18. The van der Waals surface area contributed by atoms with Crippen LogP contribution in [0, 0.1) is 30.6 Å². The molecule has 0 aromatic heterocycles. The molecule has 3 fully saturated rings. The van der Waals surface area contributed by atoms with Crippen molar-refractivity contribution in [2.45, 2.75) is 26.2 Å². The molecule has 20 heavy (non-hydrogen) atoms. The van der Waals surface area contributed by atoms with Crippen molar-refractivity contribution < 1.29 is 9.59 Å². The first kappa shape index (κ1) is 12.4. The van der Waals surface area contributed by atoms with Gasteiger partial charge in [-0.25, -0.2) is 4.90 Å². The highest BCUT2D eigenvalue weighted by Gasteiger charge is 2.61. The molecule has 104 valence electrons. The molecular weight excluding hydrogens is 274 g/mol. The van der Waals surface area contributed by atoms with Crippen molar-refractivity contribution in [3.05, 3.63) is 28.8 Å². The van der Waals surface area contributed by atoms with Gasteiger partial charge in [-0.2, -0.15) is 0 Å². The molecule has 0 N–H and O–H groups in total. The van der Waals surface area contributed by atoms with Crippen LogP contribution in [0.5, 0.6) is 0 Å². The lowest BCUT2D eigenvalue weighted by molar-refractivity contribution is -0.123. The Morgan fingerprint density at radius 1 is 1.10 bits per heavy atom. The lowest BCUT2D eigenvalue weighted by Gasteiger charge is -2.19. The predicted molar refractivity (Wildman–Crippen MR) is 76.5 cm³/mol. The molecule has 4 atom stereocenters. The minimum absolute atomic E-state index is 0.00730. The van der Waals surface area contributed by atoms with E-state index in [1.54, 1.807) is 6.07 Å². The highest BCUT2D eigenvalue weighted by atomic mass is 35.5. The van der Waals surface area contributed by atoms with Gasteiger partial charge in [0.05, 0.1) is 17.5 Å². The molecule has 2 saturated carbocycles. The Bertz CT molecular complexity index is 599. The fraction of sp³-hybridized carbons (Fsp3) is 0.500. The van der Waals surface area contributed by atoms with Gasteiger partial charge in [-0.1, -0.05) is 17.7 Å². The van der Waals surface area contributed by atoms with Gasteiger partial charge in [0.2, 0.25) is 11.8 Å². The van der Waals surface area contributed by atoms with Crippen LogP contribution in [0.15, 0.2) is 18.2 Å². The summed E-state index contributed by atoms with van der Waals surface area (Å²) in [5.41, 5.74) is 1.58. The molecule has 2 amide bonds. The highest BCUT2D eigenvalue weighted by molar-refractivity contribution is 6.32. The van der Waals surface area contributed by atoms with E-state index >= 15 is 0 Å². The second-order valence-corrected chi connectivity index (χ2v) is 6.74. The zero-order chi connectivity index (χ0) is 14.0. The van der Waals surface area contributed by atoms with E-state index in [1.807, 2.05) is 19.1 Å². The van der Waals surface area contributed by atoms with Gasteiger partial charge < -0.3 is 0 Å². The zero-order valence-corrected chi connectivity index (χ0v) is 12.1. The van der Waals surface area contributed by atoms with Crippen molar-refractivity contribution in [1.82, 2.24) is 0 Å². The molecule has 4 rings (SSSR count). The number of aryl methyl sites for hydroxylation is 1. The van der Waals surface area contributed by atoms with E-state index in [0.29, 0.717) is 22.5 Å². The fourth-order valence-corrected chi connectivity index (χ4v) is 4.56. The van der Waals surface area contributed by atoms with Gasteiger partial charge in [0.1, 0.15) is 0 Å². The summed E-state index contributed by atoms with van der Waals surface area (Å²) in [4.78, 5) is 26.7. The maximum atomic E-state index is 12.6. The summed E-state index contributed by atoms with van der Waals surface area (Å²) in [5.74, 6) is 0.696. The molecule has 4 heteroatoms. The molecule has 1 aliphatic heterocycles. The molecule has 0 unspecified atom stereocenters. The number of carbonyl (C=O) groups is 2. The van der Waals surface area contributed by atoms with E-state index in [9.17, 15) is 9.59 Å². The first-order chi connectivity index (χ1) is 9.58. The minimum atomic E-state index is -0.0682. The summed E-state index contributed by atoms with van der Waals surface area (Å²) in [5, 5.41) is 0.600. The van der Waals surface area contributed by atoms with E-state index < -0.39 is 0 Å². The number of nitrogens with zero attached hydrogens (tertiary/aromatic N) is 1. The van der Waals surface area contributed by atoms with Crippen molar-refractivity contribution in [2.75, 3.05) is 4.90 Å². The summed E-state index contributed by atoms with van der Waals surface area (Å²) in [6, 6.07) is 5.41. The van der Waals surface area contributed by atoms with Gasteiger partial charge in [0.15, 0.2) is 0 Å². The molecule has 2 aliphatic carbocycles. The van der Waals surface area contributed by atoms with Gasteiger partial charge in [-0.3, -0.25) is 9.59 Å². The quantitative estimate of drug-likeness (QED) is 0.745. The number of hydrogen-bond acceptors (Lipinski definition) is 2. The Labute approximate surface area is 122 Å². The second-order valence-electron chi connectivity index (χ2n) is 6.33. The topological polar surface area (TPSA) is 37.4 Å². The van der Waals surface area contributed by atoms with Gasteiger partial charge in [0, 0.05) is 5.02 Å². The van der Waals surface area contributed by atoms with E-state index in [4.69, 9.17) is 11.6 Å². The van der Waals surface area contributed by atoms with Crippen LogP contribution in [0.2, 0.25) is 5.02 Å². The van der Waals surface area contributed by atoms with Crippen LogP contribution in [0.25, 0.3) is 0 Å². The first-order valence-electron chi connectivity index (χ1n) is 7.22. The first-order valence-corrected chi connectivity index (χ1v) is 7.59. The van der Waals surface area contributed by atoms with Gasteiger partial charge in [-0.15, -0.1) is 0 Å². The number of amides is 2. The number of fused-ring (bicyclic) bond motifs is 5. The van der Waals surface area contributed by atoms with Crippen LogP contribution in [0.3, 0.4) is 0 Å². The standard InChI is InChI=1S/C16H16ClNO2/c1-8-2-5-11(7-12(8)17)18-15(19)13-9-3-4-10(6-9)14(13)16(18)20/h2,5,7,9-10,13-14H,3-4,6H2,1H3/t9-,10+,13-,14-/m0/s1. The summed E-state index contributed by atoms with van der Waals surface area (Å²) in [6.45, 7) is 1.91. The lowest BCUT2D eigenvalue weighted by Crippen LogP contribution is -2.32. The third kappa shape index (κ3) is 1.47. The van der Waals surface area contributed by atoms with Crippen LogP contribution in [-0.4, -0.2) is 11.8 Å². The Hall–Kier alpha value is -1.35. The Balaban J connectivity index is 1.74. The van der Waals surface area contributed by atoms with Crippen LogP contribution >= 0.6 is 11.6 Å². The Morgan fingerprint density at radius 2 is 1.70 bits per heavy atom. The molecule has 0 spiro atoms. The van der Waals surface area contributed by atoms with E-state index in [1.165, 1.54) is 4.90 Å². The lowest BCUT2D eigenvalue weighted by atomic mass is 9.81. The van der Waals surface area contributed by atoms with Crippen molar-refractivity contribution in [3.63, 3.8) is 0 Å². The molecule has 2 bridgehead atoms. The van der Waals surface area contributed by atoms with Crippen LogP contribution in [0.1, 0.15) is 24.8 Å². The van der Waals surface area contributed by atoms with Crippen LogP contribution in [0.4, 0.5) is 5.69 Å². The molecular formula is C16H16ClNO2. The third-order valence-corrected chi connectivity index (χ3v) is 5.75. The SMILES string of the molecule is Cc1ccc(N2C(=O)[C@H]3[C@@H]4CC[C@@H](C4)[C@@H]3C2=O)cc1Cl. The van der Waals surface area contributed by atoms with E-state index in [0.717, 1.165) is 24.8 Å². The van der Waals surface area contributed by atoms with E-state index in [-0.39, 0.29) is 23.7 Å². The van der Waals surface area contributed by atoms with Crippen LogP contribution < -0.4 is 4.90 Å². The van der Waals surface area contributed by atoms with E-state index in [2.05, 4.69) is 0 Å². The highest BCUT2D eigenvalue weighted by Crippen LogP contribution is 2.56. The molecule has 1 aromatic rings. The number of hydrogen-bond donors (Lipinski definition) is 0. The number of imide groups is 1. The molecule has 3 nitrogen and oxygen atoms in total. The monoisotopic (exact) mass is 289 g/mol. The molecule has 3 aliphatic rings. The summed E-state index contributed by atoms with van der Waals surface area (Å²) < 4.78 is 0. The summed E-state index contributed by atoms with van der Waals surface area (Å²) >= 11 is 6.13. The van der Waals surface area contributed by atoms with Crippen LogP contribution in [-0.2, 0) is 9.59 Å². The summed E-state index contributed by atoms with van der Waals surface area (Å²) in [7, 11) is 0. The third-order valence-electron chi connectivity index (χ3n) is 5.34. The second kappa shape index (κ2) is 4.08. The molecule has 1 saturated heterocycles. The minimum Gasteiger partial charge on any atom is -0.274 e. The Morgan fingerprint density at radius 3 is 2.25 bits per heavy atom. The van der Waals surface area contributed by atoms with Gasteiger partial charge >= 0.3 is 0 Å². The van der Waals surface area contributed by atoms with Gasteiger partial charge in [0.25, 0.3) is 0 Å². The molecule has 1 heterocycles. The molecule has 1 aromatic carbocycles. The average Bonchev–Trinajstić information content (AvgIpc) is 3.08. The van der Waals surface area contributed by atoms with Crippen molar-refractivity contribution >= 4 is 29.1 Å². The number of halogens is 1. The van der Waals surface area contributed by atoms with Gasteiger partial charge in [-0.05, 0) is 55.7 Å². The number of benzene rings is 1. The number of rotatable bonds is 1. The van der Waals surface area contributed by atoms with Crippen molar-refractivity contribution in [1.29, 1.82) is 0 Å². The zero-order valence-electron chi connectivity index (χ0n) is 11.3. The largest absolute Gasteiger partial charge is 0.274 e. The fourth-order valence-electron chi connectivity index (χ4n) is 4.38. The molecule has 0 radical (unpaired) electrons. The average molecular weight is 290 g/mol. The van der Waals surface area contributed by atoms with Crippen molar-refractivity contribution in [3.8, 4) is 0 Å². The normalized spacial score (nSPS) is 35.0. The van der Waals surface area contributed by atoms with Crippen molar-refractivity contribution in [2.24, 2.45) is 23.7 Å². The maximum Gasteiger partial charge on any atom is 0.237 e. The number of carbonyl (C=O) groups excluding carboxylic acids is 2. The Kier molecular flexibility index (Phi) is 2.53. The number of anilines is 1. The smallest absolute Gasteiger partial charge is 0.237 e. The maximum absolute atomic E-state index is 12.6. The summed E-state index contributed by atoms with van der Waals surface area (Å²) in [6.07, 6.45) is 3.27.